The first-order valence-electron chi connectivity index (χ1n) is 8.29. The lowest BCUT2D eigenvalue weighted by molar-refractivity contribution is -0.161. The second-order valence-electron chi connectivity index (χ2n) is 6.39. The number of rotatable bonds is 7. The van der Waals surface area contributed by atoms with Crippen LogP contribution in [0.1, 0.15) is 13.8 Å². The van der Waals surface area contributed by atoms with Gasteiger partial charge >= 0.3 is 5.97 Å². The molecule has 2 amide bonds. The number of fused-ring (bicyclic) bond motifs is 1. The van der Waals surface area contributed by atoms with Gasteiger partial charge in [0, 0.05) is 30.4 Å². The van der Waals surface area contributed by atoms with Gasteiger partial charge in [-0.1, -0.05) is 6.92 Å². The monoisotopic (exact) mass is 448 g/mol. The molecule has 1 N–H and O–H groups in total. The minimum Gasteiger partial charge on any atom is -0.481 e. The van der Waals surface area contributed by atoms with Crippen LogP contribution in [0.4, 0.5) is 0 Å². The molecule has 0 aromatic carbocycles. The third kappa shape index (κ3) is 3.66. The van der Waals surface area contributed by atoms with Crippen molar-refractivity contribution in [1.29, 1.82) is 0 Å². The number of thioether (sulfide) groups is 2. The number of β-lactam (4-membered cyclic amide) rings is 1. The Hall–Kier alpha value is -1.04. The third-order valence-corrected chi connectivity index (χ3v) is 9.66. The van der Waals surface area contributed by atoms with Crippen LogP contribution in [0, 0.1) is 5.41 Å². The summed E-state index contributed by atoms with van der Waals surface area (Å²) in [6.45, 7) is 3.39. The number of thiophene rings is 1. The first kappa shape index (κ1) is 20.7. The molecule has 2 aliphatic rings. The maximum Gasteiger partial charge on any atom is 0.313 e. The molecule has 0 aliphatic carbocycles. The molecular weight excluding hydrogens is 428 g/mol. The summed E-state index contributed by atoms with van der Waals surface area (Å²) in [5.41, 5.74) is -0.990. The van der Waals surface area contributed by atoms with Gasteiger partial charge in [0.2, 0.25) is 5.91 Å². The van der Waals surface area contributed by atoms with Gasteiger partial charge in [-0.3, -0.25) is 14.4 Å². The Morgan fingerprint density at radius 2 is 2.26 bits per heavy atom. The third-order valence-electron chi connectivity index (χ3n) is 4.59. The summed E-state index contributed by atoms with van der Waals surface area (Å²) in [5, 5.41) is 12.8. The normalized spacial score (nSPS) is 28.2. The highest BCUT2D eigenvalue weighted by molar-refractivity contribution is 8.00. The fourth-order valence-corrected chi connectivity index (χ4v) is 8.00. The summed E-state index contributed by atoms with van der Waals surface area (Å²) in [5.74, 6) is -0.0810. The first-order valence-corrected chi connectivity index (χ1v) is 12.5. The van der Waals surface area contributed by atoms with E-state index in [1.54, 1.807) is 28.6 Å². The number of carbonyl (C=O) groups excluding carboxylic acids is 2. The van der Waals surface area contributed by atoms with Crippen molar-refractivity contribution in [3.05, 3.63) is 16.8 Å². The van der Waals surface area contributed by atoms with Gasteiger partial charge in [0.15, 0.2) is 17.0 Å². The number of carbonyl (C=O) groups is 3. The van der Waals surface area contributed by atoms with Crippen molar-refractivity contribution in [3.8, 4) is 0 Å². The Morgan fingerprint density at radius 3 is 2.81 bits per heavy atom. The van der Waals surface area contributed by atoms with Crippen molar-refractivity contribution in [2.45, 2.75) is 30.2 Å². The lowest BCUT2D eigenvalue weighted by Crippen LogP contribution is -2.74. The minimum atomic E-state index is -1.75. The number of carboxylic acid groups (broad SMARTS) is 1. The predicted octanol–water partition coefficient (Wildman–Crippen LogP) is 1.73. The molecule has 0 spiro atoms. The summed E-state index contributed by atoms with van der Waals surface area (Å²) >= 11 is 4.27. The fourth-order valence-electron chi connectivity index (χ4n) is 3.14. The van der Waals surface area contributed by atoms with E-state index in [4.69, 9.17) is 0 Å². The van der Waals surface area contributed by atoms with Gasteiger partial charge in [0.05, 0.1) is 4.90 Å². The summed E-state index contributed by atoms with van der Waals surface area (Å²) < 4.78 is 14.0. The Balaban J connectivity index is 1.80. The molecule has 4 atom stereocenters. The quantitative estimate of drug-likeness (QED) is 0.635. The average molecular weight is 449 g/mol. The largest absolute Gasteiger partial charge is 0.481 e. The molecule has 3 heterocycles. The van der Waals surface area contributed by atoms with Gasteiger partial charge in [0.1, 0.15) is 10.8 Å². The number of nitrogens with zero attached hydrogens (tertiary/aromatic N) is 2. The summed E-state index contributed by atoms with van der Waals surface area (Å²) in [6.07, 6.45) is 0. The Morgan fingerprint density at radius 1 is 1.52 bits per heavy atom. The molecular formula is C16H20N2O5S4. The standard InChI is InChI=1S/C16H20N2O5S4/c1-3-24-8-16(15(21)22)7-17-13(20)12(14(17)26-9-16)18(10(2)19)27(23)11-4-5-25-6-11/h4-6,12,14H,3,7-9H2,1-2H3,(H,21,22)/t12?,14-,16?,27?/m1/s1. The molecule has 27 heavy (non-hydrogen) atoms. The van der Waals surface area contributed by atoms with Crippen molar-refractivity contribution >= 4 is 63.6 Å². The van der Waals surface area contributed by atoms with E-state index in [1.807, 2.05) is 6.92 Å². The zero-order chi connectivity index (χ0) is 19.8. The molecule has 7 nitrogen and oxygen atoms in total. The second-order valence-corrected chi connectivity index (χ2v) is 10.9. The molecule has 11 heteroatoms. The van der Waals surface area contributed by atoms with Crippen LogP contribution in [0.5, 0.6) is 0 Å². The van der Waals surface area contributed by atoms with E-state index in [1.165, 1.54) is 34.9 Å². The van der Waals surface area contributed by atoms with E-state index in [-0.39, 0.29) is 17.8 Å². The lowest BCUT2D eigenvalue weighted by Gasteiger charge is -2.55. The summed E-state index contributed by atoms with van der Waals surface area (Å²) in [7, 11) is -1.75. The Bertz CT molecular complexity index is 771. The van der Waals surface area contributed by atoms with Crippen LogP contribution in [0.15, 0.2) is 21.7 Å². The van der Waals surface area contributed by atoms with Crippen LogP contribution in [0.3, 0.4) is 0 Å². The molecule has 3 rings (SSSR count). The highest BCUT2D eigenvalue weighted by Crippen LogP contribution is 2.45. The highest BCUT2D eigenvalue weighted by Gasteiger charge is 2.60. The first-order chi connectivity index (χ1) is 12.8. The summed E-state index contributed by atoms with van der Waals surface area (Å²) in [4.78, 5) is 38.8. The van der Waals surface area contributed by atoms with Crippen molar-refractivity contribution in [2.75, 3.05) is 23.8 Å². The van der Waals surface area contributed by atoms with Crippen LogP contribution in [-0.4, -0.2) is 71.5 Å². The van der Waals surface area contributed by atoms with Gasteiger partial charge in [0.25, 0.3) is 5.91 Å². The summed E-state index contributed by atoms with van der Waals surface area (Å²) in [6, 6.07) is 0.849. The van der Waals surface area contributed by atoms with E-state index in [9.17, 15) is 23.7 Å². The van der Waals surface area contributed by atoms with Crippen molar-refractivity contribution < 1.29 is 23.7 Å². The maximum absolute atomic E-state index is 12.8. The molecule has 3 unspecified atom stereocenters. The molecule has 2 aliphatic heterocycles. The molecule has 1 aromatic heterocycles. The van der Waals surface area contributed by atoms with Gasteiger partial charge in [-0.15, -0.1) is 11.8 Å². The number of hydrogen-bond donors (Lipinski definition) is 1. The van der Waals surface area contributed by atoms with Crippen LogP contribution < -0.4 is 0 Å². The van der Waals surface area contributed by atoms with Crippen molar-refractivity contribution in [3.63, 3.8) is 0 Å². The topological polar surface area (TPSA) is 95.0 Å². The van der Waals surface area contributed by atoms with E-state index in [0.717, 1.165) is 10.1 Å². The minimum absolute atomic E-state index is 0.124. The van der Waals surface area contributed by atoms with Gasteiger partial charge in [-0.2, -0.15) is 23.1 Å². The Kier molecular flexibility index (Phi) is 6.24. The SMILES string of the molecule is CCSCC1(C(=O)O)CS[C@@H]2C(N(C(C)=O)S(=O)c3ccsc3)C(=O)N2C1. The predicted molar refractivity (Wildman–Crippen MR) is 108 cm³/mol. The molecule has 0 bridgehead atoms. The zero-order valence-electron chi connectivity index (χ0n) is 14.8. The van der Waals surface area contributed by atoms with Gasteiger partial charge < -0.3 is 10.0 Å². The second kappa shape index (κ2) is 8.14. The van der Waals surface area contributed by atoms with Crippen LogP contribution in [0.25, 0.3) is 0 Å². The Labute approximate surface area is 172 Å². The highest BCUT2D eigenvalue weighted by atomic mass is 32.2. The number of hydrogen-bond acceptors (Lipinski definition) is 7. The van der Waals surface area contributed by atoms with Gasteiger partial charge in [-0.25, -0.2) is 8.51 Å². The van der Waals surface area contributed by atoms with Crippen LogP contribution in [-0.2, 0) is 25.4 Å². The van der Waals surface area contributed by atoms with Gasteiger partial charge in [-0.05, 0) is 17.2 Å². The molecule has 2 fully saturated rings. The van der Waals surface area contributed by atoms with Crippen LogP contribution >= 0.6 is 34.9 Å². The molecule has 148 valence electrons. The van der Waals surface area contributed by atoms with Crippen molar-refractivity contribution in [2.24, 2.45) is 5.41 Å². The smallest absolute Gasteiger partial charge is 0.313 e. The van der Waals surface area contributed by atoms with E-state index < -0.39 is 34.3 Å². The molecule has 0 saturated carbocycles. The number of aliphatic carboxylic acids is 1. The van der Waals surface area contributed by atoms with E-state index >= 15 is 0 Å². The fraction of sp³-hybridized carbons (Fsp3) is 0.562. The average Bonchev–Trinajstić information content (AvgIpc) is 3.17. The number of amides is 2. The maximum atomic E-state index is 12.8. The lowest BCUT2D eigenvalue weighted by atomic mass is 9.89. The molecule has 2 saturated heterocycles. The molecule has 1 aromatic rings. The molecule has 0 radical (unpaired) electrons. The van der Waals surface area contributed by atoms with E-state index in [2.05, 4.69) is 0 Å². The van der Waals surface area contributed by atoms with Crippen LogP contribution in [0.2, 0.25) is 0 Å². The number of carboxylic acids is 1. The zero-order valence-corrected chi connectivity index (χ0v) is 18.1. The van der Waals surface area contributed by atoms with E-state index in [0.29, 0.717) is 16.4 Å². The van der Waals surface area contributed by atoms with Crippen molar-refractivity contribution in [1.82, 2.24) is 9.21 Å².